The smallest absolute Gasteiger partial charge is 0.0636 e. The van der Waals surface area contributed by atoms with Crippen LogP contribution < -0.4 is 11.1 Å². The SMILES string of the molecule is [2H]C(NCC(C)N)C(C)O. The molecule has 0 aliphatic rings. The number of rotatable bonds is 4. The van der Waals surface area contributed by atoms with Crippen LogP contribution in [0.2, 0.25) is 0 Å². The third-order valence-electron chi connectivity index (χ3n) is 0.799. The Labute approximate surface area is 57.7 Å². The van der Waals surface area contributed by atoms with E-state index in [-0.39, 0.29) is 6.04 Å². The normalized spacial score (nSPS) is 22.4. The first-order valence-corrected chi connectivity index (χ1v) is 3.13. The van der Waals surface area contributed by atoms with E-state index in [1.165, 1.54) is 0 Å². The van der Waals surface area contributed by atoms with Gasteiger partial charge in [-0.25, -0.2) is 0 Å². The molecule has 0 bridgehead atoms. The standard InChI is InChI=1S/C6H16N2O/c1-5(7)3-8-4-6(2)9/h5-6,8-9H,3-4,7H2,1-2H3/i4D. The average molecular weight is 133 g/mol. The van der Waals surface area contributed by atoms with Gasteiger partial charge in [0.1, 0.15) is 0 Å². The summed E-state index contributed by atoms with van der Waals surface area (Å²) in [5.74, 6) is 0. The second kappa shape index (κ2) is 4.73. The van der Waals surface area contributed by atoms with E-state index in [0.29, 0.717) is 6.54 Å². The summed E-state index contributed by atoms with van der Waals surface area (Å²) in [7, 11) is 0. The van der Waals surface area contributed by atoms with E-state index in [0.717, 1.165) is 0 Å². The molecule has 0 rings (SSSR count). The van der Waals surface area contributed by atoms with Crippen molar-refractivity contribution < 1.29 is 6.48 Å². The van der Waals surface area contributed by atoms with Crippen molar-refractivity contribution in [1.29, 1.82) is 0 Å². The van der Waals surface area contributed by atoms with Gasteiger partial charge in [0.05, 0.1) is 6.10 Å². The minimum atomic E-state index is -0.640. The molecule has 0 amide bonds. The Morgan fingerprint density at radius 2 is 2.33 bits per heavy atom. The number of nitrogens with one attached hydrogen (secondary N) is 1. The lowest BCUT2D eigenvalue weighted by atomic mass is 10.3. The van der Waals surface area contributed by atoms with Gasteiger partial charge in [0.25, 0.3) is 0 Å². The summed E-state index contributed by atoms with van der Waals surface area (Å²) in [5, 5.41) is 11.6. The van der Waals surface area contributed by atoms with Crippen LogP contribution >= 0.6 is 0 Å². The number of aliphatic hydroxyl groups is 1. The number of aliphatic hydroxyl groups excluding tert-OH is 1. The highest BCUT2D eigenvalue weighted by molar-refractivity contribution is 4.58. The van der Waals surface area contributed by atoms with Crippen LogP contribution in [0.15, 0.2) is 0 Å². The van der Waals surface area contributed by atoms with Crippen LogP contribution in [0, 0.1) is 0 Å². The summed E-state index contributed by atoms with van der Waals surface area (Å²) in [5.41, 5.74) is 5.41. The lowest BCUT2D eigenvalue weighted by molar-refractivity contribution is 0.191. The second-order valence-corrected chi connectivity index (χ2v) is 2.29. The van der Waals surface area contributed by atoms with Gasteiger partial charge in [-0.15, -0.1) is 0 Å². The molecule has 0 fully saturated rings. The molecule has 0 radical (unpaired) electrons. The summed E-state index contributed by atoms with van der Waals surface area (Å²) in [6.07, 6.45) is -0.640. The van der Waals surface area contributed by atoms with Crippen molar-refractivity contribution >= 4 is 0 Å². The van der Waals surface area contributed by atoms with Gasteiger partial charge in [-0.3, -0.25) is 0 Å². The highest BCUT2D eigenvalue weighted by atomic mass is 16.3. The zero-order valence-electron chi connectivity index (χ0n) is 6.96. The Morgan fingerprint density at radius 3 is 2.67 bits per heavy atom. The maximum Gasteiger partial charge on any atom is 0.0636 e. The second-order valence-electron chi connectivity index (χ2n) is 2.29. The van der Waals surface area contributed by atoms with Crippen LogP contribution in [-0.2, 0) is 0 Å². The average Bonchev–Trinajstić information content (AvgIpc) is 1.82. The molecular formula is C6H16N2O. The summed E-state index contributed by atoms with van der Waals surface area (Å²) < 4.78 is 7.20. The Balaban J connectivity index is 3.30. The van der Waals surface area contributed by atoms with Crippen LogP contribution in [-0.4, -0.2) is 30.3 Å². The zero-order chi connectivity index (χ0) is 8.15. The Morgan fingerprint density at radius 1 is 1.78 bits per heavy atom. The Hall–Kier alpha value is -0.120. The van der Waals surface area contributed by atoms with Gasteiger partial charge in [-0.05, 0) is 13.8 Å². The van der Waals surface area contributed by atoms with Crippen LogP contribution in [0.3, 0.4) is 0 Å². The van der Waals surface area contributed by atoms with Crippen LogP contribution in [0.5, 0.6) is 0 Å². The predicted octanol–water partition coefficient (Wildman–Crippen LogP) is -0.696. The van der Waals surface area contributed by atoms with Crippen molar-refractivity contribution in [2.75, 3.05) is 13.1 Å². The van der Waals surface area contributed by atoms with Gasteiger partial charge in [0.2, 0.25) is 0 Å². The number of nitrogens with two attached hydrogens (primary N) is 1. The fourth-order valence-electron chi connectivity index (χ4n) is 0.424. The molecule has 3 heteroatoms. The predicted molar refractivity (Wildman–Crippen MR) is 38.2 cm³/mol. The van der Waals surface area contributed by atoms with Crippen molar-refractivity contribution in [2.24, 2.45) is 5.73 Å². The van der Waals surface area contributed by atoms with E-state index >= 15 is 0 Å². The molecular weight excluding hydrogens is 116 g/mol. The minimum Gasteiger partial charge on any atom is -0.392 e. The molecule has 0 saturated heterocycles. The lowest BCUT2D eigenvalue weighted by Gasteiger charge is -2.08. The van der Waals surface area contributed by atoms with E-state index in [4.69, 9.17) is 12.2 Å². The molecule has 3 nitrogen and oxygen atoms in total. The van der Waals surface area contributed by atoms with Crippen molar-refractivity contribution in [3.05, 3.63) is 0 Å². The molecule has 0 saturated carbocycles. The highest BCUT2D eigenvalue weighted by Gasteiger charge is 1.95. The lowest BCUT2D eigenvalue weighted by Crippen LogP contribution is -2.34. The van der Waals surface area contributed by atoms with E-state index in [9.17, 15) is 0 Å². The molecule has 4 N–H and O–H groups in total. The fourth-order valence-corrected chi connectivity index (χ4v) is 0.424. The van der Waals surface area contributed by atoms with Crippen molar-refractivity contribution in [3.63, 3.8) is 0 Å². The third-order valence-corrected chi connectivity index (χ3v) is 0.799. The monoisotopic (exact) mass is 133 g/mol. The van der Waals surface area contributed by atoms with Crippen molar-refractivity contribution in [2.45, 2.75) is 26.0 Å². The summed E-state index contributed by atoms with van der Waals surface area (Å²) >= 11 is 0. The van der Waals surface area contributed by atoms with Crippen molar-refractivity contribution in [3.8, 4) is 0 Å². The molecule has 3 atom stereocenters. The summed E-state index contributed by atoms with van der Waals surface area (Å²) in [4.78, 5) is 0. The Bertz CT molecular complexity index is 87.8. The van der Waals surface area contributed by atoms with Gasteiger partial charge < -0.3 is 16.2 Å². The number of hydrogen-bond acceptors (Lipinski definition) is 3. The largest absolute Gasteiger partial charge is 0.392 e. The molecule has 56 valence electrons. The first kappa shape index (κ1) is 6.99. The third kappa shape index (κ3) is 7.88. The van der Waals surface area contributed by atoms with Gasteiger partial charge >= 0.3 is 0 Å². The fraction of sp³-hybridized carbons (Fsp3) is 1.00. The van der Waals surface area contributed by atoms with E-state index in [1.54, 1.807) is 6.92 Å². The minimum absolute atomic E-state index is 0.0339. The van der Waals surface area contributed by atoms with Gasteiger partial charge in [0.15, 0.2) is 0 Å². The molecule has 0 aromatic rings. The maximum atomic E-state index is 8.84. The maximum absolute atomic E-state index is 8.84. The summed E-state index contributed by atoms with van der Waals surface area (Å²) in [6, 6.07) is 0.0339. The van der Waals surface area contributed by atoms with E-state index in [1.807, 2.05) is 6.92 Å². The van der Waals surface area contributed by atoms with E-state index < -0.39 is 12.6 Å². The van der Waals surface area contributed by atoms with Gasteiger partial charge in [-0.2, -0.15) is 0 Å². The number of hydrogen-bond donors (Lipinski definition) is 3. The quantitative estimate of drug-likeness (QED) is 0.475. The van der Waals surface area contributed by atoms with Gasteiger partial charge in [-0.1, -0.05) is 0 Å². The molecule has 0 aliphatic heterocycles. The van der Waals surface area contributed by atoms with Crippen LogP contribution in [0.4, 0.5) is 0 Å². The van der Waals surface area contributed by atoms with Crippen LogP contribution in [0.1, 0.15) is 15.2 Å². The first-order chi connectivity index (χ1) is 4.54. The molecule has 0 aromatic heterocycles. The molecule has 0 aliphatic carbocycles. The first-order valence-electron chi connectivity index (χ1n) is 3.71. The molecule has 0 heterocycles. The summed E-state index contributed by atoms with van der Waals surface area (Å²) in [6.45, 7) is 3.37. The van der Waals surface area contributed by atoms with Crippen molar-refractivity contribution in [1.82, 2.24) is 5.32 Å². The molecule has 9 heavy (non-hydrogen) atoms. The Kier molecular flexibility index (Phi) is 3.68. The van der Waals surface area contributed by atoms with Gasteiger partial charge in [0, 0.05) is 20.5 Å². The topological polar surface area (TPSA) is 58.3 Å². The molecule has 3 unspecified atom stereocenters. The molecule has 0 spiro atoms. The highest BCUT2D eigenvalue weighted by Crippen LogP contribution is 1.75. The molecule has 0 aromatic carbocycles. The zero-order valence-corrected chi connectivity index (χ0v) is 5.96. The van der Waals surface area contributed by atoms with E-state index in [2.05, 4.69) is 5.32 Å². The van der Waals surface area contributed by atoms with Crippen LogP contribution in [0.25, 0.3) is 0 Å².